The normalized spacial score (nSPS) is 10.6. The van der Waals surface area contributed by atoms with E-state index < -0.39 is 0 Å². The van der Waals surface area contributed by atoms with Crippen molar-refractivity contribution in [2.45, 2.75) is 39.1 Å². The molecule has 0 spiro atoms. The first-order valence-corrected chi connectivity index (χ1v) is 10.7. The van der Waals surface area contributed by atoms with E-state index in [2.05, 4.69) is 28.2 Å². The lowest BCUT2D eigenvalue weighted by Crippen LogP contribution is -2.15. The van der Waals surface area contributed by atoms with E-state index in [0.29, 0.717) is 24.1 Å². The lowest BCUT2D eigenvalue weighted by Gasteiger charge is -2.10. The first-order chi connectivity index (χ1) is 14.4. The molecule has 3 rings (SSSR count). The van der Waals surface area contributed by atoms with Gasteiger partial charge in [0.05, 0.1) is 5.75 Å². The predicted octanol–water partition coefficient (Wildman–Crippen LogP) is 4.70. The molecular weight excluding hydrogens is 396 g/mol. The van der Waals surface area contributed by atoms with E-state index in [1.807, 2.05) is 61.7 Å². The third-order valence-electron chi connectivity index (χ3n) is 4.30. The summed E-state index contributed by atoms with van der Waals surface area (Å²) in [7, 11) is 0. The van der Waals surface area contributed by atoms with Crippen LogP contribution in [0.2, 0.25) is 0 Å². The van der Waals surface area contributed by atoms with Gasteiger partial charge >= 0.3 is 0 Å². The molecule has 3 aromatic rings. The van der Waals surface area contributed by atoms with Crippen molar-refractivity contribution in [1.29, 1.82) is 0 Å². The highest BCUT2D eigenvalue weighted by Crippen LogP contribution is 2.21. The Morgan fingerprint density at radius 1 is 1.13 bits per heavy atom. The first-order valence-electron chi connectivity index (χ1n) is 9.68. The summed E-state index contributed by atoms with van der Waals surface area (Å²) in [6.07, 6.45) is 1.78. The van der Waals surface area contributed by atoms with Crippen LogP contribution in [0.15, 0.2) is 60.3 Å². The summed E-state index contributed by atoms with van der Waals surface area (Å²) in [4.78, 5) is 12.3. The minimum atomic E-state index is -0.0909. The van der Waals surface area contributed by atoms with Crippen molar-refractivity contribution in [3.05, 3.63) is 77.6 Å². The van der Waals surface area contributed by atoms with Gasteiger partial charge in [-0.05, 0) is 61.7 Å². The van der Waals surface area contributed by atoms with Crippen molar-refractivity contribution in [3.8, 4) is 5.75 Å². The van der Waals surface area contributed by atoms with Crippen LogP contribution in [-0.2, 0) is 17.9 Å². The third-order valence-corrected chi connectivity index (χ3v) is 5.27. The molecule has 30 heavy (non-hydrogen) atoms. The zero-order valence-corrected chi connectivity index (χ0v) is 18.3. The van der Waals surface area contributed by atoms with Gasteiger partial charge in [-0.1, -0.05) is 36.0 Å². The molecule has 7 heteroatoms. The molecule has 0 saturated carbocycles. The standard InChI is InChI=1S/C23H26N4O2S/c1-5-9-27-21(14-29-20-12-17(3)10-18(4)13-20)25-26-23(27)30-15-22(28)24-19-8-6-7-16(2)11-19/h5-8,10-13H,1,9,14-15H2,2-4H3,(H,24,28). The number of aryl methyl sites for hydroxylation is 3. The van der Waals surface area contributed by atoms with Crippen LogP contribution in [0.5, 0.6) is 5.75 Å². The zero-order valence-electron chi connectivity index (χ0n) is 17.5. The van der Waals surface area contributed by atoms with Crippen molar-refractivity contribution in [2.75, 3.05) is 11.1 Å². The second-order valence-electron chi connectivity index (χ2n) is 7.12. The SMILES string of the molecule is C=CCn1c(COc2cc(C)cc(C)c2)nnc1SCC(=O)Nc1cccc(C)c1. The largest absolute Gasteiger partial charge is 0.486 e. The maximum Gasteiger partial charge on any atom is 0.234 e. The number of nitrogens with zero attached hydrogens (tertiary/aromatic N) is 3. The number of benzene rings is 2. The number of aromatic nitrogens is 3. The van der Waals surface area contributed by atoms with Crippen molar-refractivity contribution in [2.24, 2.45) is 0 Å². The predicted molar refractivity (Wildman–Crippen MR) is 121 cm³/mol. The average Bonchev–Trinajstić information content (AvgIpc) is 3.06. The topological polar surface area (TPSA) is 69.0 Å². The van der Waals surface area contributed by atoms with Crippen LogP contribution in [0, 0.1) is 20.8 Å². The van der Waals surface area contributed by atoms with Gasteiger partial charge in [-0.3, -0.25) is 9.36 Å². The molecule has 0 radical (unpaired) electrons. The highest BCUT2D eigenvalue weighted by atomic mass is 32.2. The summed E-state index contributed by atoms with van der Waals surface area (Å²) in [6, 6.07) is 13.8. The Morgan fingerprint density at radius 2 is 1.90 bits per heavy atom. The lowest BCUT2D eigenvalue weighted by molar-refractivity contribution is -0.113. The Labute approximate surface area is 181 Å². The Kier molecular flexibility index (Phi) is 7.30. The fraction of sp³-hybridized carbons (Fsp3) is 0.261. The van der Waals surface area contributed by atoms with E-state index in [1.165, 1.54) is 11.8 Å². The van der Waals surface area contributed by atoms with Crippen molar-refractivity contribution in [1.82, 2.24) is 14.8 Å². The number of allylic oxidation sites excluding steroid dienone is 1. The molecule has 2 aromatic carbocycles. The van der Waals surface area contributed by atoms with Crippen molar-refractivity contribution >= 4 is 23.4 Å². The number of nitrogens with one attached hydrogen (secondary N) is 1. The molecule has 0 bridgehead atoms. The van der Waals surface area contributed by atoms with Crippen LogP contribution in [0.25, 0.3) is 0 Å². The van der Waals surface area contributed by atoms with Crippen LogP contribution in [-0.4, -0.2) is 26.4 Å². The number of amides is 1. The molecule has 0 aliphatic rings. The summed E-state index contributed by atoms with van der Waals surface area (Å²) < 4.78 is 7.84. The molecule has 0 unspecified atom stereocenters. The molecule has 6 nitrogen and oxygen atoms in total. The zero-order chi connectivity index (χ0) is 21.5. The molecule has 0 saturated heterocycles. The molecule has 156 valence electrons. The smallest absolute Gasteiger partial charge is 0.234 e. The quantitative estimate of drug-likeness (QED) is 0.400. The molecule has 0 aliphatic carbocycles. The molecule has 1 heterocycles. The maximum atomic E-state index is 12.3. The Bertz CT molecular complexity index is 1030. The Morgan fingerprint density at radius 3 is 2.60 bits per heavy atom. The van der Waals surface area contributed by atoms with E-state index in [9.17, 15) is 4.79 Å². The number of thioether (sulfide) groups is 1. The van der Waals surface area contributed by atoms with Gasteiger partial charge in [-0.25, -0.2) is 0 Å². The summed E-state index contributed by atoms with van der Waals surface area (Å²) in [5, 5.41) is 12.1. The van der Waals surface area contributed by atoms with Gasteiger partial charge in [-0.2, -0.15) is 0 Å². The molecule has 1 amide bonds. The van der Waals surface area contributed by atoms with Crippen molar-refractivity contribution in [3.63, 3.8) is 0 Å². The fourth-order valence-electron chi connectivity index (χ4n) is 3.06. The number of ether oxygens (including phenoxy) is 1. The number of carbonyl (C=O) groups excluding carboxylic acids is 1. The van der Waals surface area contributed by atoms with Gasteiger partial charge in [0.1, 0.15) is 12.4 Å². The van der Waals surface area contributed by atoms with E-state index >= 15 is 0 Å². The van der Waals surface area contributed by atoms with E-state index in [1.54, 1.807) is 6.08 Å². The van der Waals surface area contributed by atoms with E-state index in [0.717, 1.165) is 28.1 Å². The van der Waals surface area contributed by atoms with E-state index in [-0.39, 0.29) is 11.7 Å². The monoisotopic (exact) mass is 422 g/mol. The van der Waals surface area contributed by atoms with Gasteiger partial charge in [0.25, 0.3) is 0 Å². The fourth-order valence-corrected chi connectivity index (χ4v) is 3.83. The summed E-state index contributed by atoms with van der Waals surface area (Å²) in [6.45, 7) is 10.7. The number of hydrogen-bond donors (Lipinski definition) is 1. The van der Waals surface area contributed by atoms with Gasteiger partial charge in [-0.15, -0.1) is 16.8 Å². The van der Waals surface area contributed by atoms with Gasteiger partial charge < -0.3 is 10.1 Å². The number of hydrogen-bond acceptors (Lipinski definition) is 5. The number of anilines is 1. The Hall–Kier alpha value is -3.06. The molecule has 0 atom stereocenters. The van der Waals surface area contributed by atoms with Gasteiger partial charge in [0.15, 0.2) is 11.0 Å². The number of rotatable bonds is 9. The highest BCUT2D eigenvalue weighted by Gasteiger charge is 2.14. The second kappa shape index (κ2) is 10.1. The molecular formula is C23H26N4O2S. The van der Waals surface area contributed by atoms with Crippen molar-refractivity contribution < 1.29 is 9.53 Å². The molecule has 1 aromatic heterocycles. The van der Waals surface area contributed by atoms with Gasteiger partial charge in [0, 0.05) is 12.2 Å². The molecule has 0 aliphatic heterocycles. The minimum Gasteiger partial charge on any atom is -0.486 e. The summed E-state index contributed by atoms with van der Waals surface area (Å²) in [5.41, 5.74) is 4.18. The number of carbonyl (C=O) groups is 1. The minimum absolute atomic E-state index is 0.0909. The van der Waals surface area contributed by atoms with Crippen LogP contribution in [0.1, 0.15) is 22.5 Å². The van der Waals surface area contributed by atoms with Crippen LogP contribution >= 0.6 is 11.8 Å². The van der Waals surface area contributed by atoms with Crippen LogP contribution in [0.4, 0.5) is 5.69 Å². The molecule has 0 fully saturated rings. The van der Waals surface area contributed by atoms with E-state index in [4.69, 9.17) is 4.74 Å². The van der Waals surface area contributed by atoms with Crippen LogP contribution < -0.4 is 10.1 Å². The second-order valence-corrected chi connectivity index (χ2v) is 8.06. The first kappa shape index (κ1) is 21.6. The highest BCUT2D eigenvalue weighted by molar-refractivity contribution is 7.99. The summed E-state index contributed by atoms with van der Waals surface area (Å²) in [5.74, 6) is 1.64. The average molecular weight is 423 g/mol. The maximum absolute atomic E-state index is 12.3. The van der Waals surface area contributed by atoms with Gasteiger partial charge in [0.2, 0.25) is 5.91 Å². The third kappa shape index (κ3) is 5.97. The lowest BCUT2D eigenvalue weighted by atomic mass is 10.1. The Balaban J connectivity index is 1.63. The summed E-state index contributed by atoms with van der Waals surface area (Å²) >= 11 is 1.34. The van der Waals surface area contributed by atoms with Crippen LogP contribution in [0.3, 0.4) is 0 Å². The molecule has 1 N–H and O–H groups in total.